The summed E-state index contributed by atoms with van der Waals surface area (Å²) < 4.78 is 0. The summed E-state index contributed by atoms with van der Waals surface area (Å²) in [5.74, 6) is -1.44. The van der Waals surface area contributed by atoms with E-state index in [0.29, 0.717) is 12.2 Å². The maximum Gasteiger partial charge on any atom is 0.326 e. The van der Waals surface area contributed by atoms with Crippen molar-refractivity contribution in [3.8, 4) is 0 Å². The Kier molecular flexibility index (Phi) is 10.2. The van der Waals surface area contributed by atoms with Crippen LogP contribution in [-0.2, 0) is 20.8 Å². The number of benzene rings is 1. The summed E-state index contributed by atoms with van der Waals surface area (Å²) in [5.41, 5.74) is 6.49. The van der Waals surface area contributed by atoms with Crippen molar-refractivity contribution >= 4 is 42.2 Å². The van der Waals surface area contributed by atoms with Gasteiger partial charge in [0.15, 0.2) is 0 Å². The summed E-state index contributed by atoms with van der Waals surface area (Å²) in [6.45, 7) is 0. The van der Waals surface area contributed by atoms with Crippen molar-refractivity contribution in [1.29, 1.82) is 0 Å². The van der Waals surface area contributed by atoms with E-state index in [1.807, 2.05) is 36.6 Å². The van der Waals surface area contributed by atoms with Crippen molar-refractivity contribution in [1.82, 2.24) is 10.6 Å². The molecule has 0 saturated carbocycles. The van der Waals surface area contributed by atoms with Gasteiger partial charge in [-0.25, -0.2) is 4.79 Å². The van der Waals surface area contributed by atoms with Gasteiger partial charge < -0.3 is 21.5 Å². The second kappa shape index (κ2) is 11.8. The van der Waals surface area contributed by atoms with Crippen LogP contribution >= 0.6 is 24.4 Å². The van der Waals surface area contributed by atoms with Crippen molar-refractivity contribution in [3.05, 3.63) is 35.9 Å². The summed E-state index contributed by atoms with van der Waals surface area (Å²) >= 11 is 5.48. The minimum absolute atomic E-state index is 0.136. The number of carbonyl (C=O) groups is 3. The van der Waals surface area contributed by atoms with E-state index in [0.717, 1.165) is 5.56 Å². The van der Waals surface area contributed by atoms with Gasteiger partial charge in [-0.05, 0) is 24.0 Å². The molecule has 1 aromatic rings. The molecule has 1 aromatic carbocycles. The number of hydrogen-bond donors (Lipinski definition) is 5. The van der Waals surface area contributed by atoms with E-state index in [-0.39, 0.29) is 12.2 Å². The zero-order chi connectivity index (χ0) is 19.5. The smallest absolute Gasteiger partial charge is 0.326 e. The molecule has 7 nitrogen and oxygen atoms in total. The largest absolute Gasteiger partial charge is 0.480 e. The molecule has 0 heterocycles. The van der Waals surface area contributed by atoms with Crippen LogP contribution in [0.25, 0.3) is 0 Å². The average Bonchev–Trinajstić information content (AvgIpc) is 2.64. The third kappa shape index (κ3) is 7.67. The van der Waals surface area contributed by atoms with E-state index >= 15 is 0 Å². The Balaban J connectivity index is 2.88. The monoisotopic (exact) mass is 399 g/mol. The van der Waals surface area contributed by atoms with E-state index in [1.54, 1.807) is 0 Å². The highest BCUT2D eigenvalue weighted by Crippen LogP contribution is 2.06. The summed E-state index contributed by atoms with van der Waals surface area (Å²) in [6.07, 6.45) is 2.38. The molecule has 26 heavy (non-hydrogen) atoms. The molecule has 0 fully saturated rings. The third-order valence-electron chi connectivity index (χ3n) is 3.67. The summed E-state index contributed by atoms with van der Waals surface area (Å²) in [7, 11) is 0. The molecule has 3 atom stereocenters. The van der Waals surface area contributed by atoms with Crippen LogP contribution in [0.1, 0.15) is 12.0 Å². The molecular formula is C17H25N3O4S2. The standard InChI is InChI=1S/C17H25N3O4S2/c1-26-8-7-13(17(23)24)19-16(22)14(20-15(21)12(18)10-25)9-11-5-3-2-4-6-11/h2-6,12-14,25H,7-10,18H2,1H3,(H,19,22)(H,20,21)(H,23,24)/t12-,13-,14-/m0/s1. The topological polar surface area (TPSA) is 122 Å². The first-order valence-electron chi connectivity index (χ1n) is 8.11. The number of carboxylic acid groups (broad SMARTS) is 1. The molecule has 1 rings (SSSR count). The second-order valence-corrected chi connectivity index (χ2v) is 7.07. The summed E-state index contributed by atoms with van der Waals surface area (Å²) in [4.78, 5) is 36.1. The van der Waals surface area contributed by atoms with Crippen LogP contribution in [0, 0.1) is 0 Å². The lowest BCUT2D eigenvalue weighted by Crippen LogP contribution is -2.55. The molecule has 0 bridgehead atoms. The zero-order valence-electron chi connectivity index (χ0n) is 14.6. The number of rotatable bonds is 11. The van der Waals surface area contributed by atoms with E-state index in [4.69, 9.17) is 5.73 Å². The second-order valence-electron chi connectivity index (χ2n) is 5.72. The van der Waals surface area contributed by atoms with Crippen LogP contribution < -0.4 is 16.4 Å². The molecular weight excluding hydrogens is 374 g/mol. The molecule has 9 heteroatoms. The number of hydrogen-bond acceptors (Lipinski definition) is 6. The first-order valence-corrected chi connectivity index (χ1v) is 10.1. The van der Waals surface area contributed by atoms with E-state index in [9.17, 15) is 19.5 Å². The molecule has 0 aromatic heterocycles. The van der Waals surface area contributed by atoms with Crippen LogP contribution in [0.5, 0.6) is 0 Å². The van der Waals surface area contributed by atoms with Gasteiger partial charge in [-0.15, -0.1) is 0 Å². The molecule has 0 aliphatic rings. The van der Waals surface area contributed by atoms with E-state index in [1.165, 1.54) is 11.8 Å². The minimum Gasteiger partial charge on any atom is -0.480 e. The molecule has 144 valence electrons. The molecule has 2 amide bonds. The number of aliphatic carboxylic acids is 1. The van der Waals surface area contributed by atoms with E-state index < -0.39 is 35.9 Å². The predicted molar refractivity (Wildman–Crippen MR) is 106 cm³/mol. The quantitative estimate of drug-likeness (QED) is 0.341. The molecule has 0 radical (unpaired) electrons. The fourth-order valence-electron chi connectivity index (χ4n) is 2.19. The number of thioether (sulfide) groups is 1. The van der Waals surface area contributed by atoms with Gasteiger partial charge in [-0.1, -0.05) is 30.3 Å². The van der Waals surface area contributed by atoms with Crippen molar-refractivity contribution in [2.24, 2.45) is 5.73 Å². The van der Waals surface area contributed by atoms with Gasteiger partial charge >= 0.3 is 5.97 Å². The number of carbonyl (C=O) groups excluding carboxylic acids is 2. The van der Waals surface area contributed by atoms with Crippen LogP contribution in [0.15, 0.2) is 30.3 Å². The van der Waals surface area contributed by atoms with Crippen molar-refractivity contribution in [2.45, 2.75) is 31.0 Å². The lowest BCUT2D eigenvalue weighted by molar-refractivity contribution is -0.142. The summed E-state index contributed by atoms with van der Waals surface area (Å²) in [6, 6.07) is 6.36. The molecule has 0 aliphatic heterocycles. The molecule has 0 unspecified atom stereocenters. The lowest BCUT2D eigenvalue weighted by atomic mass is 10.0. The maximum atomic E-state index is 12.6. The first-order chi connectivity index (χ1) is 12.4. The Morgan fingerprint density at radius 2 is 1.77 bits per heavy atom. The number of nitrogens with two attached hydrogens (primary N) is 1. The van der Waals surface area contributed by atoms with Crippen molar-refractivity contribution in [2.75, 3.05) is 17.8 Å². The van der Waals surface area contributed by atoms with Crippen LogP contribution in [-0.4, -0.2) is 58.8 Å². The normalized spacial score (nSPS) is 14.1. The van der Waals surface area contributed by atoms with Gasteiger partial charge in [0, 0.05) is 12.2 Å². The van der Waals surface area contributed by atoms with Gasteiger partial charge in [0.25, 0.3) is 0 Å². The fourth-order valence-corrected chi connectivity index (χ4v) is 2.82. The van der Waals surface area contributed by atoms with Crippen molar-refractivity contribution < 1.29 is 19.5 Å². The SMILES string of the molecule is CSCC[C@H](NC(=O)[C@H](Cc1ccccc1)NC(=O)[C@@H](N)CS)C(=O)O. The van der Waals surface area contributed by atoms with Crippen molar-refractivity contribution in [3.63, 3.8) is 0 Å². The van der Waals surface area contributed by atoms with Gasteiger partial charge in [-0.2, -0.15) is 24.4 Å². The van der Waals surface area contributed by atoms with Crippen LogP contribution in [0.3, 0.4) is 0 Å². The highest BCUT2D eigenvalue weighted by atomic mass is 32.2. The average molecular weight is 400 g/mol. The Labute approximate surface area is 162 Å². The first kappa shape index (κ1) is 22.3. The predicted octanol–water partition coefficient (Wildman–Crippen LogP) is 0.294. The van der Waals surface area contributed by atoms with Gasteiger partial charge in [0.1, 0.15) is 12.1 Å². The Morgan fingerprint density at radius 3 is 2.31 bits per heavy atom. The Morgan fingerprint density at radius 1 is 1.15 bits per heavy atom. The van der Waals surface area contributed by atoms with Gasteiger partial charge in [-0.3, -0.25) is 9.59 Å². The van der Waals surface area contributed by atoms with Gasteiger partial charge in [0.2, 0.25) is 11.8 Å². The van der Waals surface area contributed by atoms with Gasteiger partial charge in [0.05, 0.1) is 6.04 Å². The number of thiol groups is 1. The van der Waals surface area contributed by atoms with E-state index in [2.05, 4.69) is 23.3 Å². The fraction of sp³-hybridized carbons (Fsp3) is 0.471. The Hall–Kier alpha value is -1.71. The maximum absolute atomic E-state index is 12.6. The zero-order valence-corrected chi connectivity index (χ0v) is 16.3. The number of nitrogens with one attached hydrogen (secondary N) is 2. The number of carboxylic acids is 1. The van der Waals surface area contributed by atoms with Crippen LogP contribution in [0.4, 0.5) is 0 Å². The highest BCUT2D eigenvalue weighted by Gasteiger charge is 2.27. The third-order valence-corrected chi connectivity index (χ3v) is 4.71. The minimum atomic E-state index is -1.11. The molecule has 5 N–H and O–H groups in total. The number of amides is 2. The molecule has 0 spiro atoms. The highest BCUT2D eigenvalue weighted by molar-refractivity contribution is 7.98. The van der Waals surface area contributed by atoms with Crippen LogP contribution in [0.2, 0.25) is 0 Å². The lowest BCUT2D eigenvalue weighted by Gasteiger charge is -2.22. The Bertz CT molecular complexity index is 601. The molecule has 0 saturated heterocycles. The molecule has 0 aliphatic carbocycles. The summed E-state index contributed by atoms with van der Waals surface area (Å²) in [5, 5.41) is 14.4.